The third-order valence-corrected chi connectivity index (χ3v) is 6.66. The maximum Gasteiger partial charge on any atom is 0.341 e. The number of benzene rings is 3. The lowest BCUT2D eigenvalue weighted by Crippen LogP contribution is -2.16. The van der Waals surface area contributed by atoms with E-state index in [0.717, 1.165) is 29.7 Å². The maximum absolute atomic E-state index is 13.4. The summed E-state index contributed by atoms with van der Waals surface area (Å²) in [5, 5.41) is 5.33. The summed E-state index contributed by atoms with van der Waals surface area (Å²) in [4.78, 5) is 26.3. The molecule has 0 unspecified atom stereocenters. The highest BCUT2D eigenvalue weighted by Gasteiger charge is 2.24. The highest BCUT2D eigenvalue weighted by Crippen LogP contribution is 2.37. The van der Waals surface area contributed by atoms with Gasteiger partial charge in [0.1, 0.15) is 16.3 Å². The normalized spacial score (nSPS) is 10.6. The quantitative estimate of drug-likeness (QED) is 0.238. The van der Waals surface area contributed by atoms with Gasteiger partial charge in [-0.25, -0.2) is 4.79 Å². The van der Waals surface area contributed by atoms with Gasteiger partial charge in [0.2, 0.25) is 0 Å². The van der Waals surface area contributed by atoms with E-state index in [1.54, 1.807) is 6.92 Å². The van der Waals surface area contributed by atoms with Crippen molar-refractivity contribution in [2.75, 3.05) is 18.5 Å². The van der Waals surface area contributed by atoms with Crippen LogP contribution in [-0.4, -0.2) is 25.1 Å². The van der Waals surface area contributed by atoms with E-state index in [2.05, 4.69) is 17.4 Å². The molecule has 0 saturated carbocycles. The minimum Gasteiger partial charge on any atom is -0.494 e. The third-order valence-electron chi connectivity index (χ3n) is 5.76. The van der Waals surface area contributed by atoms with Gasteiger partial charge in [-0.15, -0.1) is 11.3 Å². The fraction of sp³-hybridized carbons (Fsp3) is 0.200. The molecule has 4 aromatic rings. The van der Waals surface area contributed by atoms with Crippen LogP contribution in [-0.2, 0) is 17.6 Å². The Morgan fingerprint density at radius 2 is 1.56 bits per heavy atom. The van der Waals surface area contributed by atoms with Gasteiger partial charge >= 0.3 is 5.97 Å². The van der Waals surface area contributed by atoms with Gasteiger partial charge in [0, 0.05) is 16.5 Å². The number of aryl methyl sites for hydroxylation is 2. The van der Waals surface area contributed by atoms with Crippen LogP contribution < -0.4 is 10.1 Å². The highest BCUT2D eigenvalue weighted by molar-refractivity contribution is 7.15. The van der Waals surface area contributed by atoms with Crippen LogP contribution in [0.3, 0.4) is 0 Å². The largest absolute Gasteiger partial charge is 0.494 e. The molecule has 1 amide bonds. The van der Waals surface area contributed by atoms with Crippen molar-refractivity contribution in [1.82, 2.24) is 0 Å². The van der Waals surface area contributed by atoms with Crippen LogP contribution in [0.1, 0.15) is 45.7 Å². The Morgan fingerprint density at radius 1 is 0.833 bits per heavy atom. The smallest absolute Gasteiger partial charge is 0.341 e. The Labute approximate surface area is 215 Å². The summed E-state index contributed by atoms with van der Waals surface area (Å²) >= 11 is 1.31. The molecule has 0 radical (unpaired) electrons. The summed E-state index contributed by atoms with van der Waals surface area (Å²) in [6, 6.07) is 25.3. The van der Waals surface area contributed by atoms with Crippen molar-refractivity contribution in [3.05, 3.63) is 106 Å². The molecule has 0 bridgehead atoms. The Hall–Kier alpha value is -3.90. The van der Waals surface area contributed by atoms with Crippen LogP contribution in [0.25, 0.3) is 11.1 Å². The SMILES string of the molecule is CCOC(=O)c1c(-c2ccc(OCC)cc2)csc1NC(=O)c1ccccc1CCc1ccccc1. The van der Waals surface area contributed by atoms with E-state index in [-0.39, 0.29) is 12.5 Å². The van der Waals surface area contributed by atoms with Crippen LogP contribution in [0.2, 0.25) is 0 Å². The lowest BCUT2D eigenvalue weighted by Gasteiger charge is -2.12. The van der Waals surface area contributed by atoms with Crippen molar-refractivity contribution in [1.29, 1.82) is 0 Å². The van der Waals surface area contributed by atoms with Crippen molar-refractivity contribution in [3.63, 3.8) is 0 Å². The fourth-order valence-electron chi connectivity index (χ4n) is 4.02. The minimum atomic E-state index is -0.463. The summed E-state index contributed by atoms with van der Waals surface area (Å²) < 4.78 is 10.9. The second-order valence-electron chi connectivity index (χ2n) is 8.13. The first-order chi connectivity index (χ1) is 17.6. The average Bonchev–Trinajstić information content (AvgIpc) is 3.32. The van der Waals surface area contributed by atoms with E-state index >= 15 is 0 Å². The molecule has 6 heteroatoms. The predicted octanol–water partition coefficient (Wildman–Crippen LogP) is 7.03. The van der Waals surface area contributed by atoms with Gasteiger partial charge in [0.25, 0.3) is 5.91 Å². The molecule has 0 spiro atoms. The molecule has 36 heavy (non-hydrogen) atoms. The van der Waals surface area contributed by atoms with E-state index in [9.17, 15) is 9.59 Å². The number of anilines is 1. The number of rotatable bonds is 10. The van der Waals surface area contributed by atoms with E-state index in [4.69, 9.17) is 9.47 Å². The summed E-state index contributed by atoms with van der Waals surface area (Å²) in [5.74, 6) is 0.0504. The first kappa shape index (κ1) is 25.2. The highest BCUT2D eigenvalue weighted by atomic mass is 32.1. The predicted molar refractivity (Wildman–Crippen MR) is 145 cm³/mol. The lowest BCUT2D eigenvalue weighted by atomic mass is 9.99. The average molecular weight is 500 g/mol. The summed E-state index contributed by atoms with van der Waals surface area (Å²) in [5.41, 5.74) is 4.70. The molecular weight excluding hydrogens is 470 g/mol. The molecule has 3 aromatic carbocycles. The van der Waals surface area contributed by atoms with Gasteiger partial charge in [0.05, 0.1) is 13.2 Å². The van der Waals surface area contributed by atoms with Gasteiger partial charge in [-0.05, 0) is 61.6 Å². The zero-order valence-corrected chi connectivity index (χ0v) is 21.3. The Balaban J connectivity index is 1.60. The van der Waals surface area contributed by atoms with Crippen LogP contribution in [0, 0.1) is 0 Å². The molecule has 5 nitrogen and oxygen atoms in total. The van der Waals surface area contributed by atoms with Crippen LogP contribution >= 0.6 is 11.3 Å². The molecule has 0 saturated heterocycles. The first-order valence-electron chi connectivity index (χ1n) is 12.1. The van der Waals surface area contributed by atoms with E-state index in [1.807, 2.05) is 79.0 Å². The zero-order chi connectivity index (χ0) is 25.3. The van der Waals surface area contributed by atoms with Crippen molar-refractivity contribution < 1.29 is 19.1 Å². The van der Waals surface area contributed by atoms with E-state index in [0.29, 0.717) is 28.3 Å². The molecule has 0 atom stereocenters. The Kier molecular flexibility index (Phi) is 8.53. The lowest BCUT2D eigenvalue weighted by molar-refractivity contribution is 0.0529. The van der Waals surface area contributed by atoms with Gasteiger partial charge in [-0.1, -0.05) is 60.7 Å². The molecule has 0 aliphatic rings. The standard InChI is InChI=1S/C30H29NO4S/c1-3-34-24-18-16-23(17-19-24)26-20-36-29(27(26)30(33)35-4-2)31-28(32)25-13-9-8-12-22(25)15-14-21-10-6-5-7-11-21/h5-13,16-20H,3-4,14-15H2,1-2H3,(H,31,32). The molecule has 1 aromatic heterocycles. The van der Waals surface area contributed by atoms with Crippen molar-refractivity contribution >= 4 is 28.2 Å². The van der Waals surface area contributed by atoms with Gasteiger partial charge in [0.15, 0.2) is 0 Å². The van der Waals surface area contributed by atoms with Crippen molar-refractivity contribution in [3.8, 4) is 16.9 Å². The molecule has 0 aliphatic carbocycles. The maximum atomic E-state index is 13.4. The second kappa shape index (κ2) is 12.2. The number of hydrogen-bond donors (Lipinski definition) is 1. The van der Waals surface area contributed by atoms with E-state index in [1.165, 1.54) is 16.9 Å². The van der Waals surface area contributed by atoms with E-state index < -0.39 is 5.97 Å². The summed E-state index contributed by atoms with van der Waals surface area (Å²) in [6.07, 6.45) is 1.57. The molecular formula is C30H29NO4S. The topological polar surface area (TPSA) is 64.6 Å². The second-order valence-corrected chi connectivity index (χ2v) is 9.01. The van der Waals surface area contributed by atoms with Crippen molar-refractivity contribution in [2.24, 2.45) is 0 Å². The molecule has 1 N–H and O–H groups in total. The minimum absolute atomic E-state index is 0.243. The summed E-state index contributed by atoms with van der Waals surface area (Å²) in [6.45, 7) is 4.52. The number of ether oxygens (including phenoxy) is 2. The number of hydrogen-bond acceptors (Lipinski definition) is 5. The number of nitrogens with one attached hydrogen (secondary N) is 1. The molecule has 184 valence electrons. The monoisotopic (exact) mass is 499 g/mol. The molecule has 0 fully saturated rings. The van der Waals surface area contributed by atoms with Crippen molar-refractivity contribution in [2.45, 2.75) is 26.7 Å². The number of carbonyl (C=O) groups is 2. The van der Waals surface area contributed by atoms with Crippen LogP contribution in [0.15, 0.2) is 84.2 Å². The third kappa shape index (κ3) is 6.01. The number of amides is 1. The van der Waals surface area contributed by atoms with Crippen LogP contribution in [0.5, 0.6) is 5.75 Å². The molecule has 1 heterocycles. The Bertz CT molecular complexity index is 1310. The number of esters is 1. The van der Waals surface area contributed by atoms with Gasteiger partial charge in [-0.2, -0.15) is 0 Å². The fourth-order valence-corrected chi connectivity index (χ4v) is 4.97. The molecule has 0 aliphatic heterocycles. The van der Waals surface area contributed by atoms with Gasteiger partial charge in [-0.3, -0.25) is 4.79 Å². The number of thiophene rings is 1. The van der Waals surface area contributed by atoms with Gasteiger partial charge < -0.3 is 14.8 Å². The number of carbonyl (C=O) groups excluding carboxylic acids is 2. The Morgan fingerprint density at radius 3 is 2.28 bits per heavy atom. The summed E-state index contributed by atoms with van der Waals surface area (Å²) in [7, 11) is 0. The molecule has 4 rings (SSSR count). The van der Waals surface area contributed by atoms with Crippen LogP contribution in [0.4, 0.5) is 5.00 Å². The zero-order valence-electron chi connectivity index (χ0n) is 20.5. The first-order valence-corrected chi connectivity index (χ1v) is 12.9.